The number of amides is 1. The van der Waals surface area contributed by atoms with Gasteiger partial charge < -0.3 is 10.1 Å². The van der Waals surface area contributed by atoms with Crippen LogP contribution in [-0.4, -0.2) is 40.5 Å². The Balaban J connectivity index is 1.85. The normalized spacial score (nSPS) is 11.2. The summed E-state index contributed by atoms with van der Waals surface area (Å²) in [5, 5.41) is 13.4. The number of carbonyl (C=O) groups excluding carboxylic acids is 2. The van der Waals surface area contributed by atoms with Crippen molar-refractivity contribution < 1.29 is 18.7 Å². The van der Waals surface area contributed by atoms with Gasteiger partial charge in [0, 0.05) is 30.2 Å². The van der Waals surface area contributed by atoms with Crippen LogP contribution in [0, 0.1) is 36.4 Å². The number of aryl methyl sites for hydroxylation is 1. The van der Waals surface area contributed by atoms with E-state index in [1.165, 1.54) is 35.4 Å². The van der Waals surface area contributed by atoms with Crippen LogP contribution in [0.2, 0.25) is 5.02 Å². The predicted molar refractivity (Wildman–Crippen MR) is 150 cm³/mol. The van der Waals surface area contributed by atoms with Crippen LogP contribution >= 0.6 is 11.6 Å². The van der Waals surface area contributed by atoms with Crippen molar-refractivity contribution in [3.05, 3.63) is 76.2 Å². The fraction of sp³-hybridized carbons (Fsp3) is 0.267. The third-order valence-corrected chi connectivity index (χ3v) is 5.85. The fourth-order valence-electron chi connectivity index (χ4n) is 3.71. The van der Waals surface area contributed by atoms with Crippen molar-refractivity contribution >= 4 is 45.8 Å². The maximum Gasteiger partial charge on any atom is 0.411 e. The largest absolute Gasteiger partial charge is 0.444 e. The number of hydrogen-bond donors (Lipinski definition) is 1. The molecule has 0 fully saturated rings. The number of nitrogens with one attached hydrogen (secondary N) is 1. The SMILES string of the molecule is C#CCN(C/C=C/C(=O)Cc1cc2c(Nc3ccc(F)c(Cl)c3)c(C#N)cnc2cc1C)C(=O)OC(C)(C)C. The van der Waals surface area contributed by atoms with Gasteiger partial charge in [-0.1, -0.05) is 23.6 Å². The highest BCUT2D eigenvalue weighted by Gasteiger charge is 2.21. The molecule has 3 aromatic rings. The first-order chi connectivity index (χ1) is 18.4. The molecule has 2 aromatic carbocycles. The van der Waals surface area contributed by atoms with Crippen LogP contribution in [0.5, 0.6) is 0 Å². The summed E-state index contributed by atoms with van der Waals surface area (Å²) in [5.74, 6) is 1.68. The average Bonchev–Trinajstić information content (AvgIpc) is 2.85. The zero-order valence-electron chi connectivity index (χ0n) is 22.1. The highest BCUT2D eigenvalue weighted by Crippen LogP contribution is 2.32. The molecule has 39 heavy (non-hydrogen) atoms. The minimum absolute atomic E-state index is 0.0422. The Hall–Kier alpha value is -4.40. The van der Waals surface area contributed by atoms with Gasteiger partial charge >= 0.3 is 6.09 Å². The van der Waals surface area contributed by atoms with Crippen LogP contribution in [-0.2, 0) is 16.0 Å². The Bertz CT molecular complexity index is 1530. The minimum atomic E-state index is -0.673. The smallest absolute Gasteiger partial charge is 0.411 e. The quantitative estimate of drug-likeness (QED) is 0.256. The van der Waals surface area contributed by atoms with E-state index in [0.717, 1.165) is 11.1 Å². The molecule has 9 heteroatoms. The molecule has 0 saturated heterocycles. The number of fused-ring (bicyclic) bond motifs is 1. The molecule has 1 aromatic heterocycles. The van der Waals surface area contributed by atoms with E-state index in [9.17, 15) is 19.2 Å². The van der Waals surface area contributed by atoms with Crippen molar-refractivity contribution in [1.29, 1.82) is 5.26 Å². The van der Waals surface area contributed by atoms with E-state index in [2.05, 4.69) is 22.3 Å². The lowest BCUT2D eigenvalue weighted by molar-refractivity contribution is -0.114. The minimum Gasteiger partial charge on any atom is -0.444 e. The molecule has 1 N–H and O–H groups in total. The van der Waals surface area contributed by atoms with Crippen LogP contribution in [0.25, 0.3) is 10.9 Å². The van der Waals surface area contributed by atoms with Crippen LogP contribution < -0.4 is 5.32 Å². The molecule has 0 atom stereocenters. The van der Waals surface area contributed by atoms with Crippen molar-refractivity contribution in [2.24, 2.45) is 0 Å². The van der Waals surface area contributed by atoms with Crippen molar-refractivity contribution in [3.8, 4) is 18.4 Å². The molecule has 200 valence electrons. The molecule has 0 saturated carbocycles. The average molecular weight is 547 g/mol. The number of benzene rings is 2. The second-order valence-electron chi connectivity index (χ2n) is 9.82. The summed E-state index contributed by atoms with van der Waals surface area (Å²) in [6.45, 7) is 7.31. The van der Waals surface area contributed by atoms with Crippen LogP contribution in [0.15, 0.2) is 48.7 Å². The summed E-state index contributed by atoms with van der Waals surface area (Å²) in [6.07, 6.45) is 9.32. The van der Waals surface area contributed by atoms with Crippen molar-refractivity contribution in [1.82, 2.24) is 9.88 Å². The third kappa shape index (κ3) is 7.80. The van der Waals surface area contributed by atoms with E-state index in [-0.39, 0.29) is 35.9 Å². The third-order valence-electron chi connectivity index (χ3n) is 5.56. The second kappa shape index (κ2) is 12.4. The highest BCUT2D eigenvalue weighted by molar-refractivity contribution is 6.31. The number of aromatic nitrogens is 1. The first-order valence-corrected chi connectivity index (χ1v) is 12.4. The number of halogens is 2. The topological polar surface area (TPSA) is 95.3 Å². The number of rotatable bonds is 8. The number of ketones is 1. The highest BCUT2D eigenvalue weighted by atomic mass is 35.5. The van der Waals surface area contributed by atoms with Gasteiger partial charge in [0.1, 0.15) is 17.5 Å². The Morgan fingerprint density at radius 2 is 2.03 bits per heavy atom. The lowest BCUT2D eigenvalue weighted by Gasteiger charge is -2.25. The van der Waals surface area contributed by atoms with E-state index in [1.807, 2.05) is 19.1 Å². The summed E-state index contributed by atoms with van der Waals surface area (Å²) in [4.78, 5) is 30.9. The summed E-state index contributed by atoms with van der Waals surface area (Å²) in [6, 6.07) is 9.93. The van der Waals surface area contributed by atoms with Crippen molar-refractivity contribution in [3.63, 3.8) is 0 Å². The Labute approximate surface area is 232 Å². The number of nitrogens with zero attached hydrogens (tertiary/aromatic N) is 3. The summed E-state index contributed by atoms with van der Waals surface area (Å²) >= 11 is 5.92. The number of pyridine rings is 1. The molecule has 0 spiro atoms. The molecule has 3 rings (SSSR count). The van der Waals surface area contributed by atoms with Gasteiger partial charge in [0.2, 0.25) is 0 Å². The zero-order valence-corrected chi connectivity index (χ0v) is 22.9. The summed E-state index contributed by atoms with van der Waals surface area (Å²) in [5.41, 5.74) is 2.77. The van der Waals surface area contributed by atoms with Gasteiger partial charge in [0.15, 0.2) is 5.78 Å². The van der Waals surface area contributed by atoms with Crippen LogP contribution in [0.3, 0.4) is 0 Å². The zero-order chi connectivity index (χ0) is 28.7. The molecule has 0 radical (unpaired) electrons. The molecule has 0 aliphatic heterocycles. The lowest BCUT2D eigenvalue weighted by Crippen LogP contribution is -2.37. The van der Waals surface area contributed by atoms with Gasteiger partial charge in [0.25, 0.3) is 0 Å². The monoisotopic (exact) mass is 546 g/mol. The molecule has 0 unspecified atom stereocenters. The number of allylic oxidation sites excluding steroid dienone is 1. The van der Waals surface area contributed by atoms with E-state index in [0.29, 0.717) is 22.3 Å². The van der Waals surface area contributed by atoms with Gasteiger partial charge in [0.05, 0.1) is 28.3 Å². The van der Waals surface area contributed by atoms with E-state index < -0.39 is 17.5 Å². The number of anilines is 2. The standard InChI is InChI=1S/C30H28ClFN4O3/c1-6-11-36(29(38)39-30(3,4)5)12-7-8-23(37)14-20-15-24-27(13-19(20)2)34-18-21(17-33)28(24)35-22-9-10-26(32)25(31)16-22/h1,7-10,13,15-16,18H,11-12,14H2,2-5H3,(H,34,35)/b8-7+. The molecule has 7 nitrogen and oxygen atoms in total. The maximum atomic E-state index is 13.6. The van der Waals surface area contributed by atoms with Crippen molar-refractivity contribution in [2.75, 3.05) is 18.4 Å². The van der Waals surface area contributed by atoms with Gasteiger partial charge in [-0.15, -0.1) is 6.42 Å². The second-order valence-corrected chi connectivity index (χ2v) is 10.2. The van der Waals surface area contributed by atoms with E-state index in [1.54, 1.807) is 26.8 Å². The van der Waals surface area contributed by atoms with Crippen LogP contribution in [0.4, 0.5) is 20.6 Å². The fourth-order valence-corrected chi connectivity index (χ4v) is 3.90. The Morgan fingerprint density at radius 3 is 2.67 bits per heavy atom. The summed E-state index contributed by atoms with van der Waals surface area (Å²) in [7, 11) is 0. The number of carbonyl (C=O) groups is 2. The molecule has 0 bridgehead atoms. The first-order valence-electron chi connectivity index (χ1n) is 12.1. The number of terminal acetylenes is 1. The Morgan fingerprint density at radius 1 is 1.28 bits per heavy atom. The first kappa shape index (κ1) is 29.2. The summed E-state index contributed by atoms with van der Waals surface area (Å²) < 4.78 is 19.0. The van der Waals surface area contributed by atoms with Gasteiger partial charge in [-0.25, -0.2) is 9.18 Å². The van der Waals surface area contributed by atoms with Gasteiger partial charge in [-0.05, 0) is 75.2 Å². The molecular weight excluding hydrogens is 519 g/mol. The van der Waals surface area contributed by atoms with E-state index in [4.69, 9.17) is 22.8 Å². The molecule has 0 aliphatic rings. The molecule has 1 heterocycles. The van der Waals surface area contributed by atoms with Gasteiger partial charge in [-0.3, -0.25) is 14.7 Å². The molecule has 1 amide bonds. The Kier molecular flexibility index (Phi) is 9.29. The maximum absolute atomic E-state index is 13.6. The number of hydrogen-bond acceptors (Lipinski definition) is 6. The lowest BCUT2D eigenvalue weighted by atomic mass is 9.98. The van der Waals surface area contributed by atoms with Crippen molar-refractivity contribution in [2.45, 2.75) is 39.7 Å². The number of nitriles is 1. The number of ether oxygens (including phenoxy) is 1. The predicted octanol–water partition coefficient (Wildman–Crippen LogP) is 6.49. The van der Waals surface area contributed by atoms with E-state index >= 15 is 0 Å². The van der Waals surface area contributed by atoms with Gasteiger partial charge in [-0.2, -0.15) is 5.26 Å². The van der Waals surface area contributed by atoms with Crippen LogP contribution in [0.1, 0.15) is 37.5 Å². The molecular formula is C30H28ClFN4O3. The molecule has 0 aliphatic carbocycles.